The lowest BCUT2D eigenvalue weighted by Crippen LogP contribution is -2.25. The van der Waals surface area contributed by atoms with Gasteiger partial charge in [-0.15, -0.1) is 0 Å². The van der Waals surface area contributed by atoms with Gasteiger partial charge in [0.25, 0.3) is 0 Å². The van der Waals surface area contributed by atoms with Gasteiger partial charge in [0.15, 0.2) is 9.84 Å². The van der Waals surface area contributed by atoms with Crippen molar-refractivity contribution in [2.75, 3.05) is 12.8 Å². The third-order valence-corrected chi connectivity index (χ3v) is 6.02. The second kappa shape index (κ2) is 5.57. The van der Waals surface area contributed by atoms with Gasteiger partial charge >= 0.3 is 0 Å². The Kier molecular flexibility index (Phi) is 3.89. The minimum atomic E-state index is -3.28. The van der Waals surface area contributed by atoms with E-state index in [2.05, 4.69) is 0 Å². The standard InChI is InChI=1S/C16H16ClNO3S/c1-18(9-11-4-2-3-5-15(11)19)14-10-22(20,21)16-7-6-12(17)8-13(14)16/h2-8,14,19H,9-10H2,1H3. The lowest BCUT2D eigenvalue weighted by atomic mass is 10.1. The lowest BCUT2D eigenvalue weighted by molar-refractivity contribution is 0.253. The first kappa shape index (κ1) is 15.3. The van der Waals surface area contributed by atoms with Gasteiger partial charge < -0.3 is 5.11 Å². The van der Waals surface area contributed by atoms with Gasteiger partial charge in [0.05, 0.1) is 16.7 Å². The summed E-state index contributed by atoms with van der Waals surface area (Å²) in [6.45, 7) is 0.457. The minimum Gasteiger partial charge on any atom is -0.508 e. The average molecular weight is 338 g/mol. The molecule has 1 heterocycles. The van der Waals surface area contributed by atoms with Crippen molar-refractivity contribution in [3.8, 4) is 5.75 Å². The van der Waals surface area contributed by atoms with Crippen LogP contribution < -0.4 is 0 Å². The highest BCUT2D eigenvalue weighted by molar-refractivity contribution is 7.91. The molecule has 1 aliphatic heterocycles. The number of sulfone groups is 1. The van der Waals surface area contributed by atoms with Crippen LogP contribution in [0.4, 0.5) is 0 Å². The highest BCUT2D eigenvalue weighted by Gasteiger charge is 2.37. The number of halogens is 1. The molecule has 3 rings (SSSR count). The predicted octanol–water partition coefficient (Wildman–Crippen LogP) is 3.01. The van der Waals surface area contributed by atoms with Crippen molar-refractivity contribution in [1.82, 2.24) is 4.90 Å². The van der Waals surface area contributed by atoms with Crippen LogP contribution >= 0.6 is 11.6 Å². The molecule has 1 aliphatic rings. The first-order chi connectivity index (χ1) is 10.4. The molecule has 0 spiro atoms. The minimum absolute atomic E-state index is 0.0345. The van der Waals surface area contributed by atoms with E-state index >= 15 is 0 Å². The normalized spacial score (nSPS) is 19.3. The molecule has 0 radical (unpaired) electrons. The van der Waals surface area contributed by atoms with E-state index in [-0.39, 0.29) is 17.5 Å². The molecular formula is C16H16ClNO3S. The fraction of sp³-hybridized carbons (Fsp3) is 0.250. The van der Waals surface area contributed by atoms with Crippen molar-refractivity contribution >= 4 is 21.4 Å². The van der Waals surface area contributed by atoms with Crippen LogP contribution in [0.5, 0.6) is 5.75 Å². The summed E-state index contributed by atoms with van der Waals surface area (Å²) in [6, 6.07) is 11.7. The number of fused-ring (bicyclic) bond motifs is 1. The maximum atomic E-state index is 12.3. The van der Waals surface area contributed by atoms with Crippen LogP contribution in [0.25, 0.3) is 0 Å². The number of para-hydroxylation sites is 1. The van der Waals surface area contributed by atoms with Gasteiger partial charge in [-0.1, -0.05) is 29.8 Å². The molecule has 0 aliphatic carbocycles. The number of aromatic hydroxyl groups is 1. The van der Waals surface area contributed by atoms with Crippen molar-refractivity contribution in [3.63, 3.8) is 0 Å². The van der Waals surface area contributed by atoms with E-state index in [1.54, 1.807) is 30.3 Å². The molecule has 2 aromatic carbocycles. The van der Waals surface area contributed by atoms with Crippen LogP contribution in [-0.4, -0.2) is 31.2 Å². The van der Waals surface area contributed by atoms with E-state index in [4.69, 9.17) is 11.6 Å². The first-order valence-corrected chi connectivity index (χ1v) is 8.91. The van der Waals surface area contributed by atoms with Crippen molar-refractivity contribution in [1.29, 1.82) is 0 Å². The van der Waals surface area contributed by atoms with Gasteiger partial charge in [0.2, 0.25) is 0 Å². The summed E-state index contributed by atoms with van der Waals surface area (Å²) in [5, 5.41) is 10.4. The third-order valence-electron chi connectivity index (χ3n) is 3.99. The molecule has 0 bridgehead atoms. The molecule has 4 nitrogen and oxygen atoms in total. The highest BCUT2D eigenvalue weighted by atomic mass is 35.5. The largest absolute Gasteiger partial charge is 0.508 e. The Morgan fingerprint density at radius 2 is 2.00 bits per heavy atom. The molecule has 1 unspecified atom stereocenters. The monoisotopic (exact) mass is 337 g/mol. The molecule has 2 aromatic rings. The van der Waals surface area contributed by atoms with Crippen LogP contribution in [0.15, 0.2) is 47.4 Å². The van der Waals surface area contributed by atoms with E-state index < -0.39 is 9.84 Å². The summed E-state index contributed by atoms with van der Waals surface area (Å²) in [5.74, 6) is 0.244. The molecule has 6 heteroatoms. The quantitative estimate of drug-likeness (QED) is 0.935. The van der Waals surface area contributed by atoms with Crippen LogP contribution in [0.1, 0.15) is 17.2 Å². The fourth-order valence-electron chi connectivity index (χ4n) is 2.84. The Balaban J connectivity index is 1.94. The van der Waals surface area contributed by atoms with E-state index in [0.29, 0.717) is 16.5 Å². The van der Waals surface area contributed by atoms with Gasteiger partial charge in [-0.2, -0.15) is 0 Å². The van der Waals surface area contributed by atoms with Crippen molar-refractivity contribution in [2.45, 2.75) is 17.5 Å². The number of hydrogen-bond donors (Lipinski definition) is 1. The second-order valence-electron chi connectivity index (χ2n) is 5.52. The van der Waals surface area contributed by atoms with Gasteiger partial charge in [0, 0.05) is 17.1 Å². The average Bonchev–Trinajstić information content (AvgIpc) is 2.72. The number of nitrogens with zero attached hydrogens (tertiary/aromatic N) is 1. The molecule has 1 N–H and O–H groups in total. The molecular weight excluding hydrogens is 322 g/mol. The molecule has 22 heavy (non-hydrogen) atoms. The lowest BCUT2D eigenvalue weighted by Gasteiger charge is -2.24. The van der Waals surface area contributed by atoms with Crippen LogP contribution in [0, 0.1) is 0 Å². The van der Waals surface area contributed by atoms with Crippen molar-refractivity contribution in [3.05, 3.63) is 58.6 Å². The smallest absolute Gasteiger partial charge is 0.180 e. The summed E-state index contributed by atoms with van der Waals surface area (Å²) >= 11 is 6.02. The van der Waals surface area contributed by atoms with Gasteiger partial charge in [-0.25, -0.2) is 8.42 Å². The first-order valence-electron chi connectivity index (χ1n) is 6.88. The Hall–Kier alpha value is -1.56. The zero-order valence-electron chi connectivity index (χ0n) is 12.0. The summed E-state index contributed by atoms with van der Waals surface area (Å²) < 4.78 is 24.6. The van der Waals surface area contributed by atoms with Crippen molar-refractivity contribution < 1.29 is 13.5 Å². The zero-order chi connectivity index (χ0) is 15.9. The van der Waals surface area contributed by atoms with Gasteiger partial charge in [0.1, 0.15) is 5.75 Å². The maximum absolute atomic E-state index is 12.3. The Morgan fingerprint density at radius 3 is 2.73 bits per heavy atom. The van der Waals surface area contributed by atoms with Crippen molar-refractivity contribution in [2.24, 2.45) is 0 Å². The maximum Gasteiger partial charge on any atom is 0.180 e. The summed E-state index contributed by atoms with van der Waals surface area (Å²) in [4.78, 5) is 2.28. The molecule has 116 valence electrons. The number of benzene rings is 2. The molecule has 0 fully saturated rings. The summed E-state index contributed by atoms with van der Waals surface area (Å²) in [7, 11) is -1.43. The van der Waals surface area contributed by atoms with Gasteiger partial charge in [-0.05, 0) is 36.9 Å². The predicted molar refractivity (Wildman–Crippen MR) is 85.8 cm³/mol. The topological polar surface area (TPSA) is 57.6 Å². The van der Waals surface area contributed by atoms with Crippen LogP contribution in [0.3, 0.4) is 0 Å². The number of hydrogen-bond acceptors (Lipinski definition) is 4. The molecule has 0 aromatic heterocycles. The Bertz CT molecular complexity index is 820. The fourth-order valence-corrected chi connectivity index (χ4v) is 4.88. The van der Waals surface area contributed by atoms with E-state index in [9.17, 15) is 13.5 Å². The van der Waals surface area contributed by atoms with Gasteiger partial charge in [-0.3, -0.25) is 4.90 Å². The zero-order valence-corrected chi connectivity index (χ0v) is 13.6. The van der Waals surface area contributed by atoms with E-state index in [0.717, 1.165) is 11.1 Å². The van der Waals surface area contributed by atoms with Crippen LogP contribution in [-0.2, 0) is 16.4 Å². The highest BCUT2D eigenvalue weighted by Crippen LogP contribution is 2.38. The second-order valence-corrected chi connectivity index (χ2v) is 7.96. The SMILES string of the molecule is CN(Cc1ccccc1O)C1CS(=O)(=O)c2ccc(Cl)cc21. The summed E-state index contributed by atoms with van der Waals surface area (Å²) in [5.41, 5.74) is 1.49. The summed E-state index contributed by atoms with van der Waals surface area (Å²) in [6.07, 6.45) is 0. The Morgan fingerprint density at radius 1 is 1.27 bits per heavy atom. The number of rotatable bonds is 3. The van der Waals surface area contributed by atoms with Crippen LogP contribution in [0.2, 0.25) is 5.02 Å². The third kappa shape index (κ3) is 2.72. The number of phenolic OH excluding ortho intramolecular Hbond substituents is 1. The Labute approximate surface area is 134 Å². The number of phenols is 1. The van der Waals surface area contributed by atoms with E-state index in [1.165, 1.54) is 0 Å². The molecule has 0 saturated heterocycles. The molecule has 0 saturated carbocycles. The molecule has 1 atom stereocenters. The van der Waals surface area contributed by atoms with E-state index in [1.807, 2.05) is 24.1 Å². The molecule has 0 amide bonds.